The Morgan fingerprint density at radius 1 is 0.548 bits per heavy atom. The number of hydrogen-bond acceptors (Lipinski definition) is 2. The van der Waals surface area contributed by atoms with Gasteiger partial charge in [0, 0.05) is 0 Å². The summed E-state index contributed by atoms with van der Waals surface area (Å²) in [4.78, 5) is 24.0. The minimum atomic E-state index is -1.36. The van der Waals surface area contributed by atoms with Crippen molar-refractivity contribution in [2.24, 2.45) is 11.1 Å². The molecule has 0 fully saturated rings. The second-order valence-corrected chi connectivity index (χ2v) is 9.62. The highest BCUT2D eigenvalue weighted by Gasteiger charge is 2.43. The van der Waals surface area contributed by atoms with Gasteiger partial charge in [0.1, 0.15) is 5.41 Å². The molecule has 0 aliphatic heterocycles. The smallest absolute Gasteiger partial charge is 0.319 e. The maximum absolute atomic E-state index is 12.1. The van der Waals surface area contributed by atoms with Crippen LogP contribution in [0.15, 0.2) is 0 Å². The highest BCUT2D eigenvalue weighted by atomic mass is 16.4. The van der Waals surface area contributed by atoms with Crippen molar-refractivity contribution in [1.82, 2.24) is 0 Å². The molecule has 184 valence electrons. The van der Waals surface area contributed by atoms with Crippen molar-refractivity contribution in [3.05, 3.63) is 0 Å². The molecule has 0 atom stereocenters. The lowest BCUT2D eigenvalue weighted by Crippen LogP contribution is -2.44. The van der Waals surface area contributed by atoms with Gasteiger partial charge in [-0.15, -0.1) is 0 Å². The number of amides is 1. The third-order valence-electron chi connectivity index (χ3n) is 6.80. The van der Waals surface area contributed by atoms with Crippen LogP contribution in [0.1, 0.15) is 155 Å². The number of carbonyl (C=O) groups is 2. The Kier molecular flexibility index (Phi) is 20.1. The van der Waals surface area contributed by atoms with Gasteiger partial charge >= 0.3 is 5.97 Å². The van der Waals surface area contributed by atoms with Crippen LogP contribution in [-0.2, 0) is 9.59 Å². The molecule has 4 nitrogen and oxygen atoms in total. The molecule has 0 spiro atoms. The van der Waals surface area contributed by atoms with Gasteiger partial charge in [-0.3, -0.25) is 9.59 Å². The molecule has 4 heteroatoms. The normalized spacial score (nSPS) is 11.7. The fraction of sp³-hybridized carbons (Fsp3) is 0.926. The summed E-state index contributed by atoms with van der Waals surface area (Å²) in [6, 6.07) is 0. The molecule has 0 saturated carbocycles. The lowest BCUT2D eigenvalue weighted by molar-refractivity contribution is -0.156. The van der Waals surface area contributed by atoms with Crippen LogP contribution in [0.3, 0.4) is 0 Å². The van der Waals surface area contributed by atoms with Crippen LogP contribution in [-0.4, -0.2) is 17.0 Å². The van der Waals surface area contributed by atoms with Gasteiger partial charge in [0.05, 0.1) is 0 Å². The van der Waals surface area contributed by atoms with Crippen LogP contribution in [0.2, 0.25) is 0 Å². The summed E-state index contributed by atoms with van der Waals surface area (Å²) in [5, 5.41) is 9.78. The highest BCUT2D eigenvalue weighted by molar-refractivity contribution is 6.01. The monoisotopic (exact) mass is 439 g/mol. The molecular formula is C27H53NO3. The molecule has 0 radical (unpaired) electrons. The Morgan fingerprint density at radius 3 is 1.03 bits per heavy atom. The zero-order valence-electron chi connectivity index (χ0n) is 20.9. The number of rotatable bonds is 24. The maximum atomic E-state index is 12.1. The van der Waals surface area contributed by atoms with Gasteiger partial charge in [-0.1, -0.05) is 142 Å². The minimum Gasteiger partial charge on any atom is -0.480 e. The van der Waals surface area contributed by atoms with E-state index in [4.69, 9.17) is 5.73 Å². The molecule has 0 heterocycles. The van der Waals surface area contributed by atoms with Gasteiger partial charge in [-0.25, -0.2) is 0 Å². The van der Waals surface area contributed by atoms with Crippen molar-refractivity contribution in [3.8, 4) is 0 Å². The van der Waals surface area contributed by atoms with E-state index in [9.17, 15) is 14.7 Å². The average molecular weight is 440 g/mol. The first kappa shape index (κ1) is 29.9. The summed E-state index contributed by atoms with van der Waals surface area (Å²) in [5.41, 5.74) is 4.23. The lowest BCUT2D eigenvalue weighted by atomic mass is 9.77. The Balaban J connectivity index is 4.01. The molecule has 0 bridgehead atoms. The van der Waals surface area contributed by atoms with E-state index in [2.05, 4.69) is 13.8 Å². The van der Waals surface area contributed by atoms with Gasteiger partial charge in [-0.05, 0) is 12.8 Å². The van der Waals surface area contributed by atoms with Crippen molar-refractivity contribution >= 4 is 11.9 Å². The molecule has 0 aliphatic rings. The molecule has 0 aromatic heterocycles. The zero-order chi connectivity index (χ0) is 23.2. The SMILES string of the molecule is CCCCCCCCCCCCC(CCCCCCCCCCCC)(C(N)=O)C(=O)O. The van der Waals surface area contributed by atoms with Gasteiger partial charge in [0.25, 0.3) is 0 Å². The van der Waals surface area contributed by atoms with E-state index in [-0.39, 0.29) is 0 Å². The zero-order valence-corrected chi connectivity index (χ0v) is 20.9. The first-order chi connectivity index (χ1) is 15.0. The third kappa shape index (κ3) is 15.4. The first-order valence-corrected chi connectivity index (χ1v) is 13.5. The average Bonchev–Trinajstić information content (AvgIpc) is 2.74. The molecule has 0 rings (SSSR count). The quantitative estimate of drug-likeness (QED) is 0.117. The van der Waals surface area contributed by atoms with Gasteiger partial charge in [-0.2, -0.15) is 0 Å². The second-order valence-electron chi connectivity index (χ2n) is 9.62. The largest absolute Gasteiger partial charge is 0.480 e. The number of unbranched alkanes of at least 4 members (excludes halogenated alkanes) is 18. The van der Waals surface area contributed by atoms with E-state index in [0.29, 0.717) is 12.8 Å². The molecule has 0 aromatic carbocycles. The summed E-state index contributed by atoms with van der Waals surface area (Å²) in [5.74, 6) is -1.67. The summed E-state index contributed by atoms with van der Waals surface area (Å²) in [6.45, 7) is 4.47. The Labute approximate surface area is 193 Å². The number of hydrogen-bond donors (Lipinski definition) is 2. The number of primary amides is 1. The predicted octanol–water partition coefficient (Wildman–Crippen LogP) is 8.16. The molecule has 0 aliphatic carbocycles. The molecule has 1 amide bonds. The first-order valence-electron chi connectivity index (χ1n) is 13.5. The standard InChI is InChI=1S/C27H53NO3/c1-3-5-7-9-11-13-15-17-19-21-23-27(25(28)29,26(30)31)24-22-20-18-16-14-12-10-8-6-4-2/h3-24H2,1-2H3,(H2,28,29)(H,30,31). The summed E-state index contributed by atoms with van der Waals surface area (Å²) < 4.78 is 0. The van der Waals surface area contributed by atoms with Gasteiger partial charge in [0.15, 0.2) is 0 Å². The van der Waals surface area contributed by atoms with Crippen molar-refractivity contribution in [2.45, 2.75) is 155 Å². The Morgan fingerprint density at radius 2 is 0.806 bits per heavy atom. The van der Waals surface area contributed by atoms with E-state index in [1.165, 1.54) is 89.9 Å². The van der Waals surface area contributed by atoms with E-state index < -0.39 is 17.3 Å². The highest BCUT2D eigenvalue weighted by Crippen LogP contribution is 2.32. The van der Waals surface area contributed by atoms with Crippen LogP contribution in [0.5, 0.6) is 0 Å². The molecule has 31 heavy (non-hydrogen) atoms. The van der Waals surface area contributed by atoms with E-state index in [0.717, 1.165) is 38.5 Å². The van der Waals surface area contributed by atoms with Crippen molar-refractivity contribution in [2.75, 3.05) is 0 Å². The second kappa shape index (κ2) is 20.8. The third-order valence-corrected chi connectivity index (χ3v) is 6.80. The van der Waals surface area contributed by atoms with Crippen LogP contribution in [0, 0.1) is 5.41 Å². The van der Waals surface area contributed by atoms with Gasteiger partial charge in [0.2, 0.25) is 5.91 Å². The summed E-state index contributed by atoms with van der Waals surface area (Å²) >= 11 is 0. The van der Waals surface area contributed by atoms with Crippen molar-refractivity contribution in [1.29, 1.82) is 0 Å². The fourth-order valence-electron chi connectivity index (χ4n) is 4.52. The van der Waals surface area contributed by atoms with Crippen molar-refractivity contribution in [3.63, 3.8) is 0 Å². The minimum absolute atomic E-state index is 0.394. The van der Waals surface area contributed by atoms with Crippen molar-refractivity contribution < 1.29 is 14.7 Å². The number of carboxylic acids is 1. The molecule has 0 aromatic rings. The van der Waals surface area contributed by atoms with E-state index >= 15 is 0 Å². The Bertz CT molecular complexity index is 396. The van der Waals surface area contributed by atoms with Crippen LogP contribution in [0.25, 0.3) is 0 Å². The number of carbonyl (C=O) groups excluding carboxylic acids is 1. The molecule has 0 unspecified atom stereocenters. The Hall–Kier alpha value is -1.06. The van der Waals surface area contributed by atoms with Crippen LogP contribution in [0.4, 0.5) is 0 Å². The lowest BCUT2D eigenvalue weighted by Gasteiger charge is -2.26. The molecular weight excluding hydrogens is 386 g/mol. The van der Waals surface area contributed by atoms with E-state index in [1.807, 2.05) is 0 Å². The molecule has 0 saturated heterocycles. The van der Waals surface area contributed by atoms with Crippen LogP contribution >= 0.6 is 0 Å². The number of nitrogens with two attached hydrogens (primary N) is 1. The predicted molar refractivity (Wildman–Crippen MR) is 132 cm³/mol. The molecule has 3 N–H and O–H groups in total. The van der Waals surface area contributed by atoms with Gasteiger partial charge < -0.3 is 10.8 Å². The van der Waals surface area contributed by atoms with Crippen LogP contribution < -0.4 is 5.73 Å². The number of aliphatic carboxylic acids is 1. The fourth-order valence-corrected chi connectivity index (χ4v) is 4.52. The topological polar surface area (TPSA) is 80.4 Å². The van der Waals surface area contributed by atoms with E-state index in [1.54, 1.807) is 0 Å². The number of carboxylic acid groups (broad SMARTS) is 1. The maximum Gasteiger partial charge on any atom is 0.319 e. The summed E-state index contributed by atoms with van der Waals surface area (Å²) in [6.07, 6.45) is 24.7. The summed E-state index contributed by atoms with van der Waals surface area (Å²) in [7, 11) is 0.